The van der Waals surface area contributed by atoms with E-state index in [1.807, 2.05) is 12.1 Å². The highest BCUT2D eigenvalue weighted by atomic mass is 16.5. The molecule has 1 nitrogen and oxygen atoms in total. The maximum Gasteiger partial charge on any atom is 0.0535 e. The van der Waals surface area contributed by atoms with Gasteiger partial charge in [0.2, 0.25) is 0 Å². The van der Waals surface area contributed by atoms with Crippen molar-refractivity contribution in [3.05, 3.63) is 35.4 Å². The highest BCUT2D eigenvalue weighted by Crippen LogP contribution is 2.24. The van der Waals surface area contributed by atoms with Crippen LogP contribution in [0.3, 0.4) is 0 Å². The summed E-state index contributed by atoms with van der Waals surface area (Å²) in [6.07, 6.45) is 6.41. The van der Waals surface area contributed by atoms with Gasteiger partial charge in [0.15, 0.2) is 0 Å². The zero-order chi connectivity index (χ0) is 9.10. The predicted molar refractivity (Wildman–Crippen MR) is 52.6 cm³/mol. The lowest BCUT2D eigenvalue weighted by Crippen LogP contribution is -1.96. The third-order valence-electron chi connectivity index (χ3n) is 2.48. The van der Waals surface area contributed by atoms with Gasteiger partial charge in [-0.2, -0.15) is 0 Å². The lowest BCUT2D eigenvalue weighted by molar-refractivity contribution is 0.194. The lowest BCUT2D eigenvalue weighted by atomic mass is 9.98. The summed E-state index contributed by atoms with van der Waals surface area (Å²) < 4.78 is 5.33. The summed E-state index contributed by atoms with van der Waals surface area (Å²) in [6.45, 7) is 1.75. The van der Waals surface area contributed by atoms with E-state index in [1.165, 1.54) is 5.56 Å². The first-order chi connectivity index (χ1) is 6.40. The van der Waals surface area contributed by atoms with Gasteiger partial charge in [-0.15, -0.1) is 6.42 Å². The Morgan fingerprint density at radius 3 is 2.62 bits per heavy atom. The van der Waals surface area contributed by atoms with Crippen LogP contribution in [0.15, 0.2) is 24.3 Å². The molecule has 0 radical (unpaired) electrons. The highest BCUT2D eigenvalue weighted by molar-refractivity contribution is 5.35. The number of ether oxygens (including phenoxy) is 1. The van der Waals surface area contributed by atoms with Gasteiger partial charge in [-0.25, -0.2) is 0 Å². The monoisotopic (exact) mass is 172 g/mol. The van der Waals surface area contributed by atoms with Crippen LogP contribution < -0.4 is 0 Å². The van der Waals surface area contributed by atoms with Crippen LogP contribution in [-0.2, 0) is 4.74 Å². The maximum absolute atomic E-state index is 5.33. The van der Waals surface area contributed by atoms with Crippen molar-refractivity contribution >= 4 is 0 Å². The molecule has 0 aromatic heterocycles. The summed E-state index contributed by atoms with van der Waals surface area (Å²) in [4.78, 5) is 0. The third-order valence-corrected chi connectivity index (χ3v) is 2.48. The molecule has 66 valence electrons. The van der Waals surface area contributed by atoms with Gasteiger partial charge in [-0.1, -0.05) is 18.1 Å². The van der Waals surface area contributed by atoms with E-state index in [0.29, 0.717) is 5.92 Å². The summed E-state index contributed by atoms with van der Waals surface area (Å²) in [7, 11) is 0. The van der Waals surface area contributed by atoms with E-state index in [2.05, 4.69) is 18.1 Å². The Hall–Kier alpha value is -1.26. The highest BCUT2D eigenvalue weighted by Gasteiger charge is 2.16. The van der Waals surface area contributed by atoms with Crippen LogP contribution in [0.5, 0.6) is 0 Å². The Morgan fingerprint density at radius 2 is 2.08 bits per heavy atom. The Balaban J connectivity index is 2.18. The molecular formula is C12H12O. The van der Waals surface area contributed by atoms with Crippen LogP contribution in [0.4, 0.5) is 0 Å². The Morgan fingerprint density at radius 1 is 1.31 bits per heavy atom. The van der Waals surface area contributed by atoms with Crippen LogP contribution in [0.1, 0.15) is 23.5 Å². The first-order valence-corrected chi connectivity index (χ1v) is 4.54. The fourth-order valence-corrected chi connectivity index (χ4v) is 1.65. The molecule has 0 aliphatic carbocycles. The minimum absolute atomic E-state index is 0.576. The Labute approximate surface area is 78.7 Å². The molecule has 1 aliphatic rings. The molecule has 1 fully saturated rings. The number of hydrogen-bond donors (Lipinski definition) is 0. The van der Waals surface area contributed by atoms with Gasteiger partial charge in [-0.3, -0.25) is 0 Å². The van der Waals surface area contributed by atoms with E-state index in [9.17, 15) is 0 Å². The minimum atomic E-state index is 0.576. The van der Waals surface area contributed by atoms with E-state index < -0.39 is 0 Å². The zero-order valence-electron chi connectivity index (χ0n) is 7.49. The fraction of sp³-hybridized carbons (Fsp3) is 0.333. The molecule has 1 aromatic carbocycles. The van der Waals surface area contributed by atoms with E-state index in [1.54, 1.807) is 0 Å². The summed E-state index contributed by atoms with van der Waals surface area (Å²) in [5, 5.41) is 0. The van der Waals surface area contributed by atoms with Crippen molar-refractivity contribution in [3.63, 3.8) is 0 Å². The molecular weight excluding hydrogens is 160 g/mol. The van der Waals surface area contributed by atoms with Crippen LogP contribution in [-0.4, -0.2) is 13.2 Å². The lowest BCUT2D eigenvalue weighted by Gasteiger charge is -2.06. The number of rotatable bonds is 1. The van der Waals surface area contributed by atoms with Crippen molar-refractivity contribution in [2.45, 2.75) is 12.3 Å². The summed E-state index contributed by atoms with van der Waals surface area (Å²) in [6, 6.07) is 8.20. The average molecular weight is 172 g/mol. The molecule has 13 heavy (non-hydrogen) atoms. The molecule has 0 saturated carbocycles. The van der Waals surface area contributed by atoms with E-state index >= 15 is 0 Å². The average Bonchev–Trinajstić information content (AvgIpc) is 2.71. The standard InChI is InChI=1S/C12H12O/c1-2-10-3-5-11(6-4-10)12-7-8-13-9-12/h1,3-6,12H,7-9H2. The molecule has 1 heterocycles. The normalized spacial score (nSPS) is 21.3. The van der Waals surface area contributed by atoms with E-state index in [-0.39, 0.29) is 0 Å². The van der Waals surface area contributed by atoms with Crippen LogP contribution in [0.25, 0.3) is 0 Å². The second-order valence-corrected chi connectivity index (χ2v) is 3.33. The van der Waals surface area contributed by atoms with Crippen molar-refractivity contribution in [2.75, 3.05) is 13.2 Å². The second kappa shape index (κ2) is 3.64. The van der Waals surface area contributed by atoms with Gasteiger partial charge in [0, 0.05) is 18.1 Å². The number of terminal acetylenes is 1. The molecule has 1 heteroatoms. The summed E-state index contributed by atoms with van der Waals surface area (Å²) in [5.41, 5.74) is 2.29. The molecule has 0 bridgehead atoms. The van der Waals surface area contributed by atoms with Crippen LogP contribution >= 0.6 is 0 Å². The van der Waals surface area contributed by atoms with Crippen LogP contribution in [0, 0.1) is 12.3 Å². The third kappa shape index (κ3) is 1.74. The first-order valence-electron chi connectivity index (χ1n) is 4.54. The van der Waals surface area contributed by atoms with Crippen molar-refractivity contribution < 1.29 is 4.74 Å². The number of benzene rings is 1. The topological polar surface area (TPSA) is 9.23 Å². The molecule has 0 N–H and O–H groups in total. The van der Waals surface area contributed by atoms with E-state index in [4.69, 9.17) is 11.2 Å². The fourth-order valence-electron chi connectivity index (χ4n) is 1.65. The smallest absolute Gasteiger partial charge is 0.0535 e. The van der Waals surface area contributed by atoms with Gasteiger partial charge in [0.1, 0.15) is 0 Å². The van der Waals surface area contributed by atoms with Crippen molar-refractivity contribution in [1.82, 2.24) is 0 Å². The van der Waals surface area contributed by atoms with E-state index in [0.717, 1.165) is 25.2 Å². The van der Waals surface area contributed by atoms with Crippen LogP contribution in [0.2, 0.25) is 0 Å². The predicted octanol–water partition coefficient (Wildman–Crippen LogP) is 2.17. The molecule has 1 atom stereocenters. The summed E-state index contributed by atoms with van der Waals surface area (Å²) in [5.74, 6) is 3.19. The Kier molecular flexibility index (Phi) is 2.33. The van der Waals surface area contributed by atoms with Gasteiger partial charge >= 0.3 is 0 Å². The molecule has 1 aromatic rings. The van der Waals surface area contributed by atoms with Crippen molar-refractivity contribution in [2.24, 2.45) is 0 Å². The molecule has 1 aliphatic heterocycles. The largest absolute Gasteiger partial charge is 0.381 e. The maximum atomic E-state index is 5.33. The molecule has 0 amide bonds. The minimum Gasteiger partial charge on any atom is -0.381 e. The zero-order valence-corrected chi connectivity index (χ0v) is 7.49. The molecule has 2 rings (SSSR count). The van der Waals surface area contributed by atoms with Gasteiger partial charge in [-0.05, 0) is 24.1 Å². The molecule has 1 saturated heterocycles. The molecule has 0 spiro atoms. The SMILES string of the molecule is C#Cc1ccc(C2CCOC2)cc1. The second-order valence-electron chi connectivity index (χ2n) is 3.33. The summed E-state index contributed by atoms with van der Waals surface area (Å²) >= 11 is 0. The van der Waals surface area contributed by atoms with Gasteiger partial charge < -0.3 is 4.74 Å². The first kappa shape index (κ1) is 8.34. The van der Waals surface area contributed by atoms with Crippen molar-refractivity contribution in [1.29, 1.82) is 0 Å². The Bertz CT molecular complexity index is 312. The number of hydrogen-bond acceptors (Lipinski definition) is 1. The quantitative estimate of drug-likeness (QED) is 0.590. The molecule has 1 unspecified atom stereocenters. The van der Waals surface area contributed by atoms with Crippen molar-refractivity contribution in [3.8, 4) is 12.3 Å². The van der Waals surface area contributed by atoms with Gasteiger partial charge in [0.25, 0.3) is 0 Å². The van der Waals surface area contributed by atoms with Gasteiger partial charge in [0.05, 0.1) is 6.61 Å².